The lowest BCUT2D eigenvalue weighted by Gasteiger charge is -2.04. The zero-order valence-corrected chi connectivity index (χ0v) is 8.44. The smallest absolute Gasteiger partial charge is 0.101 e. The molecule has 0 aliphatic rings. The van der Waals surface area contributed by atoms with Crippen LogP contribution in [0.15, 0.2) is 42.6 Å². The van der Waals surface area contributed by atoms with E-state index in [4.69, 9.17) is 5.26 Å². The molecule has 0 bridgehead atoms. The van der Waals surface area contributed by atoms with Crippen LogP contribution in [-0.2, 0) is 0 Å². The van der Waals surface area contributed by atoms with Crippen molar-refractivity contribution in [3.8, 4) is 17.2 Å². The van der Waals surface area contributed by atoms with Crippen molar-refractivity contribution in [2.75, 3.05) is 0 Å². The van der Waals surface area contributed by atoms with Gasteiger partial charge in [-0.3, -0.25) is 4.98 Å². The van der Waals surface area contributed by atoms with Gasteiger partial charge in [0.05, 0.1) is 5.56 Å². The number of rotatable bonds is 1. The van der Waals surface area contributed by atoms with E-state index in [0.29, 0.717) is 5.56 Å². The number of benzene rings is 1. The summed E-state index contributed by atoms with van der Waals surface area (Å²) in [5.74, 6) is 0. The Morgan fingerprint density at radius 1 is 1.20 bits per heavy atom. The van der Waals surface area contributed by atoms with Crippen molar-refractivity contribution in [1.82, 2.24) is 4.98 Å². The first-order valence-corrected chi connectivity index (χ1v) is 4.73. The van der Waals surface area contributed by atoms with E-state index in [1.165, 1.54) is 0 Å². The first-order chi connectivity index (χ1) is 7.31. The van der Waals surface area contributed by atoms with Gasteiger partial charge >= 0.3 is 0 Å². The summed E-state index contributed by atoms with van der Waals surface area (Å²) in [6.45, 7) is 1.92. The minimum absolute atomic E-state index is 0.617. The van der Waals surface area contributed by atoms with E-state index in [0.717, 1.165) is 16.8 Å². The van der Waals surface area contributed by atoms with E-state index in [9.17, 15) is 0 Å². The summed E-state index contributed by atoms with van der Waals surface area (Å²) in [5, 5.41) is 8.98. The third-order valence-electron chi connectivity index (χ3n) is 2.25. The molecule has 0 spiro atoms. The van der Waals surface area contributed by atoms with Crippen LogP contribution in [-0.4, -0.2) is 4.98 Å². The highest BCUT2D eigenvalue weighted by atomic mass is 14.7. The standard InChI is InChI=1S/C13H10N2/c1-10-7-13(12(8-14)9-15-10)11-5-3-2-4-6-11/h2-7,9H,1H3. The predicted octanol–water partition coefficient (Wildman–Crippen LogP) is 2.93. The summed E-state index contributed by atoms with van der Waals surface area (Å²) in [4.78, 5) is 4.11. The second kappa shape index (κ2) is 3.93. The van der Waals surface area contributed by atoms with Crippen LogP contribution in [0.1, 0.15) is 11.3 Å². The molecule has 0 radical (unpaired) electrons. The van der Waals surface area contributed by atoms with E-state index in [1.807, 2.05) is 43.3 Å². The molecule has 72 valence electrons. The maximum absolute atomic E-state index is 8.98. The third kappa shape index (κ3) is 1.87. The minimum atomic E-state index is 0.617. The zero-order valence-electron chi connectivity index (χ0n) is 8.44. The van der Waals surface area contributed by atoms with Crippen molar-refractivity contribution in [1.29, 1.82) is 5.26 Å². The highest BCUT2D eigenvalue weighted by Crippen LogP contribution is 2.22. The minimum Gasteiger partial charge on any atom is -0.260 e. The second-order valence-electron chi connectivity index (χ2n) is 3.35. The van der Waals surface area contributed by atoms with Gasteiger partial charge < -0.3 is 0 Å². The van der Waals surface area contributed by atoms with Crippen LogP contribution < -0.4 is 0 Å². The van der Waals surface area contributed by atoms with E-state index < -0.39 is 0 Å². The molecule has 0 saturated carbocycles. The highest BCUT2D eigenvalue weighted by Gasteiger charge is 2.04. The number of aryl methyl sites for hydroxylation is 1. The van der Waals surface area contributed by atoms with Gasteiger partial charge in [-0.15, -0.1) is 0 Å². The Labute approximate surface area is 88.8 Å². The SMILES string of the molecule is Cc1cc(-c2ccccc2)c(C#N)cn1. The number of nitriles is 1. The first-order valence-electron chi connectivity index (χ1n) is 4.73. The van der Waals surface area contributed by atoms with Crippen LogP contribution in [0.2, 0.25) is 0 Å². The fourth-order valence-electron chi connectivity index (χ4n) is 1.51. The van der Waals surface area contributed by atoms with Gasteiger partial charge in [0, 0.05) is 17.5 Å². The molecule has 0 amide bonds. The number of nitrogens with zero attached hydrogens (tertiary/aromatic N) is 2. The Kier molecular flexibility index (Phi) is 2.47. The monoisotopic (exact) mass is 194 g/mol. The average Bonchev–Trinajstić information content (AvgIpc) is 2.30. The molecule has 1 aromatic carbocycles. The van der Waals surface area contributed by atoms with Crippen molar-refractivity contribution in [2.45, 2.75) is 6.92 Å². The Hall–Kier alpha value is -2.14. The Balaban J connectivity index is 2.62. The van der Waals surface area contributed by atoms with Gasteiger partial charge in [-0.05, 0) is 18.6 Å². The fraction of sp³-hybridized carbons (Fsp3) is 0.0769. The lowest BCUT2D eigenvalue weighted by atomic mass is 10.0. The molecule has 0 N–H and O–H groups in total. The molecule has 0 saturated heterocycles. The summed E-state index contributed by atoms with van der Waals surface area (Å²) in [6.07, 6.45) is 1.62. The molecule has 0 fully saturated rings. The summed E-state index contributed by atoms with van der Waals surface area (Å²) in [7, 11) is 0. The predicted molar refractivity (Wildman–Crippen MR) is 59.1 cm³/mol. The quantitative estimate of drug-likeness (QED) is 0.699. The number of pyridine rings is 1. The molecule has 0 unspecified atom stereocenters. The van der Waals surface area contributed by atoms with Crippen molar-refractivity contribution < 1.29 is 0 Å². The molecule has 2 aromatic rings. The molecule has 0 atom stereocenters. The van der Waals surface area contributed by atoms with Gasteiger partial charge in [0.1, 0.15) is 6.07 Å². The Morgan fingerprint density at radius 3 is 2.60 bits per heavy atom. The topological polar surface area (TPSA) is 36.7 Å². The largest absolute Gasteiger partial charge is 0.260 e. The third-order valence-corrected chi connectivity index (χ3v) is 2.25. The van der Waals surface area contributed by atoms with Gasteiger partial charge in [-0.2, -0.15) is 5.26 Å². The lowest BCUT2D eigenvalue weighted by molar-refractivity contribution is 1.19. The molecule has 15 heavy (non-hydrogen) atoms. The van der Waals surface area contributed by atoms with Gasteiger partial charge in [0.25, 0.3) is 0 Å². The molecule has 2 rings (SSSR count). The van der Waals surface area contributed by atoms with Gasteiger partial charge in [0.2, 0.25) is 0 Å². The van der Waals surface area contributed by atoms with Crippen LogP contribution in [0.3, 0.4) is 0 Å². The summed E-state index contributed by atoms with van der Waals surface area (Å²) < 4.78 is 0. The van der Waals surface area contributed by atoms with Crippen molar-refractivity contribution in [3.63, 3.8) is 0 Å². The van der Waals surface area contributed by atoms with Crippen LogP contribution >= 0.6 is 0 Å². The Bertz CT molecular complexity index is 510. The highest BCUT2D eigenvalue weighted by molar-refractivity contribution is 5.70. The van der Waals surface area contributed by atoms with E-state index >= 15 is 0 Å². The average molecular weight is 194 g/mol. The number of hydrogen-bond acceptors (Lipinski definition) is 2. The summed E-state index contributed by atoms with van der Waals surface area (Å²) in [6, 6.07) is 14.0. The molecule has 2 nitrogen and oxygen atoms in total. The molecule has 1 aromatic heterocycles. The first kappa shape index (κ1) is 9.42. The molecular formula is C13H10N2. The van der Waals surface area contributed by atoms with Crippen molar-refractivity contribution in [2.24, 2.45) is 0 Å². The van der Waals surface area contributed by atoms with Gasteiger partial charge in [-0.25, -0.2) is 0 Å². The summed E-state index contributed by atoms with van der Waals surface area (Å²) in [5.41, 5.74) is 3.55. The number of aromatic nitrogens is 1. The molecule has 0 aliphatic heterocycles. The van der Waals surface area contributed by atoms with Crippen LogP contribution in [0.5, 0.6) is 0 Å². The molecule has 1 heterocycles. The van der Waals surface area contributed by atoms with Gasteiger partial charge in [0.15, 0.2) is 0 Å². The fourth-order valence-corrected chi connectivity index (χ4v) is 1.51. The maximum Gasteiger partial charge on any atom is 0.101 e. The normalized spacial score (nSPS) is 9.60. The number of hydrogen-bond donors (Lipinski definition) is 0. The van der Waals surface area contributed by atoms with Crippen LogP contribution in [0, 0.1) is 18.3 Å². The van der Waals surface area contributed by atoms with Gasteiger partial charge in [-0.1, -0.05) is 30.3 Å². The second-order valence-corrected chi connectivity index (χ2v) is 3.35. The molecular weight excluding hydrogens is 184 g/mol. The van der Waals surface area contributed by atoms with E-state index in [1.54, 1.807) is 6.20 Å². The molecule has 0 aliphatic carbocycles. The van der Waals surface area contributed by atoms with Crippen LogP contribution in [0.25, 0.3) is 11.1 Å². The lowest BCUT2D eigenvalue weighted by Crippen LogP contribution is -1.88. The van der Waals surface area contributed by atoms with Crippen molar-refractivity contribution in [3.05, 3.63) is 53.9 Å². The van der Waals surface area contributed by atoms with E-state index in [2.05, 4.69) is 11.1 Å². The maximum atomic E-state index is 8.98. The zero-order chi connectivity index (χ0) is 10.7. The van der Waals surface area contributed by atoms with Crippen molar-refractivity contribution >= 4 is 0 Å². The van der Waals surface area contributed by atoms with E-state index in [-0.39, 0.29) is 0 Å². The molecule has 2 heteroatoms. The Morgan fingerprint density at radius 2 is 1.93 bits per heavy atom. The van der Waals surface area contributed by atoms with Crippen LogP contribution in [0.4, 0.5) is 0 Å². The summed E-state index contributed by atoms with van der Waals surface area (Å²) >= 11 is 0.